The van der Waals surface area contributed by atoms with Crippen LogP contribution in [0.2, 0.25) is 5.02 Å². The first-order valence-corrected chi connectivity index (χ1v) is 7.97. The average Bonchev–Trinajstić information content (AvgIpc) is 2.40. The number of ether oxygens (including phenoxy) is 2. The van der Waals surface area contributed by atoms with E-state index in [-0.39, 0.29) is 18.1 Å². The minimum Gasteiger partial charge on any atom is -0.478 e. The second-order valence-corrected chi connectivity index (χ2v) is 6.90. The van der Waals surface area contributed by atoms with Crippen LogP contribution in [0.15, 0.2) is 18.2 Å². The third-order valence-corrected chi connectivity index (χ3v) is 4.15. The van der Waals surface area contributed by atoms with Crippen molar-refractivity contribution in [3.8, 4) is 5.75 Å². The Balaban J connectivity index is 2.11. The van der Waals surface area contributed by atoms with Crippen LogP contribution in [0.5, 0.6) is 5.75 Å². The van der Waals surface area contributed by atoms with Crippen molar-refractivity contribution in [1.29, 1.82) is 0 Å². The summed E-state index contributed by atoms with van der Waals surface area (Å²) < 4.78 is 11.6. The Labute approximate surface area is 137 Å². The molecule has 122 valence electrons. The highest BCUT2D eigenvalue weighted by molar-refractivity contribution is 6.31. The molecular formula is C17H24ClNO3. The fourth-order valence-corrected chi connectivity index (χ4v) is 2.86. The second kappa shape index (κ2) is 6.47. The standard InChI is InChI=1S/C17H24ClNO3/c1-11-8-14(6-7-15(11)18)22-17(4,5)16(20)19-9-12(2)21-13(3)10-19/h6-8,12-13H,9-10H2,1-5H3. The number of amides is 1. The summed E-state index contributed by atoms with van der Waals surface area (Å²) in [6, 6.07) is 5.42. The lowest BCUT2D eigenvalue weighted by Crippen LogP contribution is -2.55. The summed E-state index contributed by atoms with van der Waals surface area (Å²) in [5, 5.41) is 0.687. The molecule has 0 N–H and O–H groups in total. The number of aryl methyl sites for hydroxylation is 1. The van der Waals surface area contributed by atoms with Crippen LogP contribution in [0.25, 0.3) is 0 Å². The molecule has 1 aromatic carbocycles. The summed E-state index contributed by atoms with van der Waals surface area (Å²) in [4.78, 5) is 14.6. The zero-order valence-corrected chi connectivity index (χ0v) is 14.6. The van der Waals surface area contributed by atoms with Crippen molar-refractivity contribution in [2.45, 2.75) is 52.4 Å². The van der Waals surface area contributed by atoms with E-state index in [1.165, 1.54) is 0 Å². The second-order valence-electron chi connectivity index (χ2n) is 6.49. The van der Waals surface area contributed by atoms with Gasteiger partial charge in [-0.2, -0.15) is 0 Å². The van der Waals surface area contributed by atoms with E-state index in [9.17, 15) is 4.79 Å². The molecule has 22 heavy (non-hydrogen) atoms. The van der Waals surface area contributed by atoms with Crippen LogP contribution < -0.4 is 4.74 Å². The highest BCUT2D eigenvalue weighted by Crippen LogP contribution is 2.26. The van der Waals surface area contributed by atoms with Crippen molar-refractivity contribution in [2.75, 3.05) is 13.1 Å². The first-order chi connectivity index (χ1) is 10.2. The largest absolute Gasteiger partial charge is 0.478 e. The zero-order valence-electron chi connectivity index (χ0n) is 13.9. The summed E-state index contributed by atoms with van der Waals surface area (Å²) in [7, 11) is 0. The molecule has 4 nitrogen and oxygen atoms in total. The van der Waals surface area contributed by atoms with Gasteiger partial charge >= 0.3 is 0 Å². The molecule has 1 fully saturated rings. The van der Waals surface area contributed by atoms with Crippen molar-refractivity contribution >= 4 is 17.5 Å². The molecule has 1 saturated heterocycles. The van der Waals surface area contributed by atoms with E-state index in [4.69, 9.17) is 21.1 Å². The summed E-state index contributed by atoms with van der Waals surface area (Å²) in [5.74, 6) is 0.622. The number of carbonyl (C=O) groups excluding carboxylic acids is 1. The van der Waals surface area contributed by atoms with Crippen molar-refractivity contribution in [2.24, 2.45) is 0 Å². The van der Waals surface area contributed by atoms with Gasteiger partial charge in [0, 0.05) is 18.1 Å². The summed E-state index contributed by atoms with van der Waals surface area (Å²) in [6.07, 6.45) is 0.0857. The van der Waals surface area contributed by atoms with Gasteiger partial charge in [-0.1, -0.05) is 11.6 Å². The monoisotopic (exact) mass is 325 g/mol. The summed E-state index contributed by atoms with van der Waals surface area (Å²) in [5.41, 5.74) is -0.00660. The number of hydrogen-bond acceptors (Lipinski definition) is 3. The van der Waals surface area contributed by atoms with Gasteiger partial charge < -0.3 is 14.4 Å². The van der Waals surface area contributed by atoms with E-state index in [1.54, 1.807) is 26.0 Å². The van der Waals surface area contributed by atoms with Gasteiger partial charge in [0.2, 0.25) is 0 Å². The number of hydrogen-bond donors (Lipinski definition) is 0. The number of nitrogens with zero attached hydrogens (tertiary/aromatic N) is 1. The lowest BCUT2D eigenvalue weighted by Gasteiger charge is -2.39. The molecule has 0 spiro atoms. The minimum atomic E-state index is -0.933. The average molecular weight is 326 g/mol. The van der Waals surface area contributed by atoms with Crippen LogP contribution in [-0.4, -0.2) is 41.7 Å². The molecule has 0 bridgehead atoms. The maximum absolute atomic E-state index is 12.8. The van der Waals surface area contributed by atoms with Crippen LogP contribution in [0, 0.1) is 6.92 Å². The first-order valence-electron chi connectivity index (χ1n) is 7.59. The van der Waals surface area contributed by atoms with Gasteiger partial charge in [-0.05, 0) is 58.4 Å². The molecule has 5 heteroatoms. The number of halogens is 1. The third-order valence-electron chi connectivity index (χ3n) is 3.72. The van der Waals surface area contributed by atoms with Crippen molar-refractivity contribution in [1.82, 2.24) is 4.90 Å². The Bertz CT molecular complexity index is 549. The van der Waals surface area contributed by atoms with E-state index in [2.05, 4.69) is 0 Å². The lowest BCUT2D eigenvalue weighted by atomic mass is 10.1. The predicted octanol–water partition coefficient (Wildman–Crippen LogP) is 3.44. The molecule has 1 aromatic rings. The summed E-state index contributed by atoms with van der Waals surface area (Å²) in [6.45, 7) is 10.6. The number of carbonyl (C=O) groups is 1. The highest BCUT2D eigenvalue weighted by Gasteiger charge is 2.37. The predicted molar refractivity (Wildman–Crippen MR) is 87.5 cm³/mol. The number of morpholine rings is 1. The Morgan fingerprint density at radius 3 is 2.45 bits per heavy atom. The number of rotatable bonds is 3. The Kier molecular flexibility index (Phi) is 5.03. The molecule has 1 amide bonds. The maximum Gasteiger partial charge on any atom is 0.266 e. The van der Waals surface area contributed by atoms with Gasteiger partial charge in [0.1, 0.15) is 5.75 Å². The topological polar surface area (TPSA) is 38.8 Å². The van der Waals surface area contributed by atoms with Gasteiger partial charge in [-0.15, -0.1) is 0 Å². The Morgan fingerprint density at radius 1 is 1.32 bits per heavy atom. The number of benzene rings is 1. The molecule has 1 heterocycles. The molecule has 1 aliphatic heterocycles. The van der Waals surface area contributed by atoms with Gasteiger partial charge in [-0.3, -0.25) is 4.79 Å². The molecule has 0 aliphatic carbocycles. The molecule has 0 aromatic heterocycles. The minimum absolute atomic E-state index is 0.0258. The fourth-order valence-electron chi connectivity index (χ4n) is 2.74. The molecule has 2 unspecified atom stereocenters. The van der Waals surface area contributed by atoms with Crippen molar-refractivity contribution < 1.29 is 14.3 Å². The maximum atomic E-state index is 12.8. The van der Waals surface area contributed by atoms with E-state index < -0.39 is 5.60 Å². The van der Waals surface area contributed by atoms with Gasteiger partial charge in [0.05, 0.1) is 12.2 Å². The van der Waals surface area contributed by atoms with Crippen molar-refractivity contribution in [3.63, 3.8) is 0 Å². The SMILES string of the molecule is Cc1cc(OC(C)(C)C(=O)N2CC(C)OC(C)C2)ccc1Cl. The molecule has 2 rings (SSSR count). The van der Waals surface area contributed by atoms with Crippen LogP contribution in [0.4, 0.5) is 0 Å². The van der Waals surface area contributed by atoms with Gasteiger partial charge in [0.15, 0.2) is 5.60 Å². The molecule has 0 radical (unpaired) electrons. The molecule has 0 saturated carbocycles. The van der Waals surface area contributed by atoms with Gasteiger partial charge in [-0.25, -0.2) is 0 Å². The zero-order chi connectivity index (χ0) is 16.5. The van der Waals surface area contributed by atoms with Crippen LogP contribution >= 0.6 is 11.6 Å². The molecular weight excluding hydrogens is 302 g/mol. The van der Waals surface area contributed by atoms with E-state index in [0.717, 1.165) is 5.56 Å². The molecule has 1 aliphatic rings. The normalized spacial score (nSPS) is 22.5. The van der Waals surface area contributed by atoms with Crippen LogP contribution in [0.3, 0.4) is 0 Å². The Hall–Kier alpha value is -1.26. The smallest absolute Gasteiger partial charge is 0.266 e. The fraction of sp³-hybridized carbons (Fsp3) is 0.588. The first kappa shape index (κ1) is 17.1. The van der Waals surface area contributed by atoms with Crippen molar-refractivity contribution in [3.05, 3.63) is 28.8 Å². The van der Waals surface area contributed by atoms with Crippen LogP contribution in [-0.2, 0) is 9.53 Å². The quantitative estimate of drug-likeness (QED) is 0.854. The van der Waals surface area contributed by atoms with E-state index in [1.807, 2.05) is 31.7 Å². The van der Waals surface area contributed by atoms with E-state index in [0.29, 0.717) is 23.9 Å². The lowest BCUT2D eigenvalue weighted by molar-refractivity contribution is -0.156. The van der Waals surface area contributed by atoms with E-state index >= 15 is 0 Å². The highest BCUT2D eigenvalue weighted by atomic mass is 35.5. The summed E-state index contributed by atoms with van der Waals surface area (Å²) >= 11 is 6.02. The van der Waals surface area contributed by atoms with Gasteiger partial charge in [0.25, 0.3) is 5.91 Å². The third kappa shape index (κ3) is 3.93. The Morgan fingerprint density at radius 2 is 1.91 bits per heavy atom. The van der Waals surface area contributed by atoms with Crippen LogP contribution in [0.1, 0.15) is 33.3 Å². The molecule has 2 atom stereocenters.